The van der Waals surface area contributed by atoms with Gasteiger partial charge in [0.15, 0.2) is 0 Å². The van der Waals surface area contributed by atoms with Crippen molar-refractivity contribution in [2.75, 3.05) is 20.2 Å². The summed E-state index contributed by atoms with van der Waals surface area (Å²) in [4.78, 5) is 0. The van der Waals surface area contributed by atoms with Gasteiger partial charge in [0.2, 0.25) is 0 Å². The molecule has 3 nitrogen and oxygen atoms in total. The molecule has 0 heterocycles. The van der Waals surface area contributed by atoms with Gasteiger partial charge < -0.3 is 15.8 Å². The van der Waals surface area contributed by atoms with Crippen LogP contribution in [0, 0.1) is 0 Å². The number of benzene rings is 1. The monoisotopic (exact) mass is 208 g/mol. The Morgan fingerprint density at radius 3 is 2.53 bits per heavy atom. The van der Waals surface area contributed by atoms with Crippen LogP contribution in [-0.2, 0) is 4.74 Å². The lowest BCUT2D eigenvalue weighted by Gasteiger charge is -2.19. The van der Waals surface area contributed by atoms with Gasteiger partial charge >= 0.3 is 0 Å². The summed E-state index contributed by atoms with van der Waals surface area (Å²) < 4.78 is 5.43. The van der Waals surface area contributed by atoms with Crippen molar-refractivity contribution in [3.8, 4) is 0 Å². The van der Waals surface area contributed by atoms with Crippen LogP contribution in [0.2, 0.25) is 0 Å². The third-order valence-electron chi connectivity index (χ3n) is 2.46. The van der Waals surface area contributed by atoms with Gasteiger partial charge in [0.1, 0.15) is 0 Å². The van der Waals surface area contributed by atoms with Gasteiger partial charge in [-0.3, -0.25) is 0 Å². The predicted molar refractivity (Wildman–Crippen MR) is 62.7 cm³/mol. The minimum atomic E-state index is 0.0974. The van der Waals surface area contributed by atoms with Crippen LogP contribution in [0.25, 0.3) is 0 Å². The van der Waals surface area contributed by atoms with E-state index in [0.717, 1.165) is 6.54 Å². The molecule has 0 spiro atoms. The molecule has 3 heteroatoms. The highest BCUT2D eigenvalue weighted by molar-refractivity contribution is 5.17. The van der Waals surface area contributed by atoms with E-state index >= 15 is 0 Å². The second kappa shape index (κ2) is 6.56. The first-order chi connectivity index (χ1) is 7.27. The molecule has 0 aliphatic rings. The fourth-order valence-electron chi connectivity index (χ4n) is 1.40. The van der Waals surface area contributed by atoms with E-state index in [2.05, 4.69) is 24.4 Å². The van der Waals surface area contributed by atoms with Gasteiger partial charge in [0.25, 0.3) is 0 Å². The molecular weight excluding hydrogens is 188 g/mol. The van der Waals surface area contributed by atoms with Crippen molar-refractivity contribution in [2.45, 2.75) is 19.1 Å². The quantitative estimate of drug-likeness (QED) is 0.741. The van der Waals surface area contributed by atoms with Crippen LogP contribution in [0.3, 0.4) is 0 Å². The summed E-state index contributed by atoms with van der Waals surface area (Å²) in [5, 5.41) is 3.33. The zero-order valence-corrected chi connectivity index (χ0v) is 9.44. The van der Waals surface area contributed by atoms with E-state index in [1.165, 1.54) is 5.56 Å². The molecule has 0 aliphatic heterocycles. The number of ether oxygens (including phenoxy) is 1. The Balaban J connectivity index is 2.50. The third-order valence-corrected chi connectivity index (χ3v) is 2.46. The molecule has 0 aromatic heterocycles. The normalized spacial score (nSPS) is 14.9. The van der Waals surface area contributed by atoms with Gasteiger partial charge in [-0.2, -0.15) is 0 Å². The van der Waals surface area contributed by atoms with E-state index in [4.69, 9.17) is 10.5 Å². The third kappa shape index (κ3) is 4.00. The Labute approximate surface area is 91.6 Å². The SMILES string of the molecule is COC(CN[C@@H](C)CN)c1ccccc1. The van der Waals surface area contributed by atoms with E-state index in [0.29, 0.717) is 12.6 Å². The van der Waals surface area contributed by atoms with Gasteiger partial charge in [-0.05, 0) is 12.5 Å². The summed E-state index contributed by atoms with van der Waals surface area (Å²) in [6.45, 7) is 3.50. The number of nitrogens with two attached hydrogens (primary N) is 1. The smallest absolute Gasteiger partial charge is 0.0945 e. The number of methoxy groups -OCH3 is 1. The molecule has 1 aromatic carbocycles. The van der Waals surface area contributed by atoms with Gasteiger partial charge in [-0.1, -0.05) is 30.3 Å². The molecule has 1 rings (SSSR count). The Hall–Kier alpha value is -0.900. The zero-order chi connectivity index (χ0) is 11.1. The van der Waals surface area contributed by atoms with E-state index in [9.17, 15) is 0 Å². The molecule has 0 fully saturated rings. The van der Waals surface area contributed by atoms with Crippen LogP contribution in [-0.4, -0.2) is 26.2 Å². The Kier molecular flexibility index (Phi) is 5.32. The van der Waals surface area contributed by atoms with Crippen molar-refractivity contribution in [3.05, 3.63) is 35.9 Å². The van der Waals surface area contributed by atoms with Crippen LogP contribution >= 0.6 is 0 Å². The zero-order valence-electron chi connectivity index (χ0n) is 9.44. The lowest BCUT2D eigenvalue weighted by Crippen LogP contribution is -2.36. The second-order valence-corrected chi connectivity index (χ2v) is 3.68. The summed E-state index contributed by atoms with van der Waals surface area (Å²) in [6, 6.07) is 10.5. The van der Waals surface area contributed by atoms with Crippen LogP contribution < -0.4 is 11.1 Å². The number of nitrogens with one attached hydrogen (secondary N) is 1. The van der Waals surface area contributed by atoms with E-state index in [-0.39, 0.29) is 6.10 Å². The summed E-state index contributed by atoms with van der Waals surface area (Å²) in [7, 11) is 1.73. The van der Waals surface area contributed by atoms with Gasteiger partial charge in [0, 0.05) is 26.2 Å². The van der Waals surface area contributed by atoms with Crippen LogP contribution in [0.1, 0.15) is 18.6 Å². The molecule has 2 atom stereocenters. The fourth-order valence-corrected chi connectivity index (χ4v) is 1.40. The summed E-state index contributed by atoms with van der Waals surface area (Å²) >= 11 is 0. The minimum Gasteiger partial charge on any atom is -0.375 e. The van der Waals surface area contributed by atoms with Gasteiger partial charge in [-0.25, -0.2) is 0 Å². The lowest BCUT2D eigenvalue weighted by atomic mass is 10.1. The maximum absolute atomic E-state index is 5.54. The molecule has 0 radical (unpaired) electrons. The standard InChI is InChI=1S/C12H20N2O/c1-10(8-13)14-9-12(15-2)11-6-4-3-5-7-11/h3-7,10,12,14H,8-9,13H2,1-2H3/t10-,12?/m0/s1. The minimum absolute atomic E-state index is 0.0974. The maximum atomic E-state index is 5.54. The first-order valence-electron chi connectivity index (χ1n) is 5.29. The highest BCUT2D eigenvalue weighted by Crippen LogP contribution is 2.14. The first kappa shape index (κ1) is 12.2. The largest absolute Gasteiger partial charge is 0.375 e. The highest BCUT2D eigenvalue weighted by atomic mass is 16.5. The molecule has 84 valence electrons. The summed E-state index contributed by atoms with van der Waals surface area (Å²) in [6.07, 6.45) is 0.0974. The molecule has 0 bridgehead atoms. The average Bonchev–Trinajstić information content (AvgIpc) is 2.31. The van der Waals surface area contributed by atoms with Crippen molar-refractivity contribution < 1.29 is 4.74 Å². The molecule has 3 N–H and O–H groups in total. The van der Waals surface area contributed by atoms with Gasteiger partial charge in [0.05, 0.1) is 6.10 Å². The van der Waals surface area contributed by atoms with E-state index in [1.54, 1.807) is 7.11 Å². The predicted octanol–water partition coefficient (Wildman–Crippen LogP) is 1.31. The highest BCUT2D eigenvalue weighted by Gasteiger charge is 2.10. The van der Waals surface area contributed by atoms with Crippen LogP contribution in [0.5, 0.6) is 0 Å². The second-order valence-electron chi connectivity index (χ2n) is 3.68. The molecule has 0 aliphatic carbocycles. The lowest BCUT2D eigenvalue weighted by molar-refractivity contribution is 0.100. The molecule has 0 saturated heterocycles. The summed E-state index contributed by atoms with van der Waals surface area (Å²) in [5.74, 6) is 0. The van der Waals surface area contributed by atoms with Crippen molar-refractivity contribution >= 4 is 0 Å². The summed E-state index contributed by atoms with van der Waals surface area (Å²) in [5.41, 5.74) is 6.73. The number of hydrogen-bond acceptors (Lipinski definition) is 3. The van der Waals surface area contributed by atoms with Crippen molar-refractivity contribution in [3.63, 3.8) is 0 Å². The van der Waals surface area contributed by atoms with Crippen LogP contribution in [0.4, 0.5) is 0 Å². The van der Waals surface area contributed by atoms with Crippen molar-refractivity contribution in [1.82, 2.24) is 5.32 Å². The fraction of sp³-hybridized carbons (Fsp3) is 0.500. The average molecular weight is 208 g/mol. The number of rotatable bonds is 6. The topological polar surface area (TPSA) is 47.3 Å². The van der Waals surface area contributed by atoms with E-state index in [1.807, 2.05) is 18.2 Å². The Morgan fingerprint density at radius 2 is 2.00 bits per heavy atom. The van der Waals surface area contributed by atoms with E-state index < -0.39 is 0 Å². The molecule has 1 aromatic rings. The molecule has 1 unspecified atom stereocenters. The van der Waals surface area contributed by atoms with Crippen molar-refractivity contribution in [2.24, 2.45) is 5.73 Å². The number of hydrogen-bond donors (Lipinski definition) is 2. The molecular formula is C12H20N2O. The Morgan fingerprint density at radius 1 is 1.33 bits per heavy atom. The maximum Gasteiger partial charge on any atom is 0.0945 e. The van der Waals surface area contributed by atoms with Crippen LogP contribution in [0.15, 0.2) is 30.3 Å². The van der Waals surface area contributed by atoms with Gasteiger partial charge in [-0.15, -0.1) is 0 Å². The molecule has 0 saturated carbocycles. The van der Waals surface area contributed by atoms with Crippen molar-refractivity contribution in [1.29, 1.82) is 0 Å². The molecule has 15 heavy (non-hydrogen) atoms. The first-order valence-corrected chi connectivity index (χ1v) is 5.29. The molecule has 0 amide bonds. The Bertz CT molecular complexity index is 264.